The fourth-order valence-electron chi connectivity index (χ4n) is 2.85. The minimum Gasteiger partial charge on any atom is -0.432 e. The summed E-state index contributed by atoms with van der Waals surface area (Å²) in [4.78, 5) is 4.24. The van der Waals surface area contributed by atoms with E-state index >= 15 is 0 Å². The number of imidazole rings is 1. The highest BCUT2D eigenvalue weighted by Gasteiger charge is 2.30. The quantitative estimate of drug-likeness (QED) is 0.569. The lowest BCUT2D eigenvalue weighted by atomic mass is 10.1. The van der Waals surface area contributed by atoms with Crippen LogP contribution in [0.5, 0.6) is 0 Å². The third kappa shape index (κ3) is 3.50. The number of fused-ring (bicyclic) bond motifs is 1. The molecule has 0 spiro atoms. The van der Waals surface area contributed by atoms with Crippen LogP contribution < -0.4 is 5.32 Å². The van der Waals surface area contributed by atoms with E-state index < -0.39 is 17.2 Å². The summed E-state index contributed by atoms with van der Waals surface area (Å²) in [5.41, 5.74) is -0.643. The third-order valence-electron chi connectivity index (χ3n) is 4.31. The smallest absolute Gasteiger partial charge is 0.306 e. The highest BCUT2D eigenvalue weighted by molar-refractivity contribution is 6.12. The van der Waals surface area contributed by atoms with Gasteiger partial charge in [-0.2, -0.15) is 4.98 Å². The van der Waals surface area contributed by atoms with Crippen molar-refractivity contribution in [3.63, 3.8) is 0 Å². The lowest BCUT2D eigenvalue weighted by Gasteiger charge is -2.11. The van der Waals surface area contributed by atoms with Crippen LogP contribution in [0.15, 0.2) is 57.4 Å². The number of aliphatic hydroxyl groups is 1. The van der Waals surface area contributed by atoms with E-state index in [1.165, 1.54) is 22.8 Å². The van der Waals surface area contributed by atoms with Crippen LogP contribution in [0.2, 0.25) is 0 Å². The number of amidine groups is 2. The van der Waals surface area contributed by atoms with Crippen LogP contribution >= 0.6 is 0 Å². The van der Waals surface area contributed by atoms with E-state index in [2.05, 4.69) is 15.2 Å². The van der Waals surface area contributed by atoms with Crippen molar-refractivity contribution < 1.29 is 23.6 Å². The van der Waals surface area contributed by atoms with Gasteiger partial charge in [-0.1, -0.05) is 10.2 Å². The first-order valence-corrected chi connectivity index (χ1v) is 8.65. The number of oxazole rings is 1. The minimum atomic E-state index is -1.13. The summed E-state index contributed by atoms with van der Waals surface area (Å²) < 4.78 is 34.4. The first kappa shape index (κ1) is 18.8. The van der Waals surface area contributed by atoms with Crippen molar-refractivity contribution in [2.24, 2.45) is 10.2 Å². The summed E-state index contributed by atoms with van der Waals surface area (Å²) in [7, 11) is 0. The number of nitrogens with two attached hydrogens (primary N) is 1. The van der Waals surface area contributed by atoms with Gasteiger partial charge in [0.25, 0.3) is 5.84 Å². The van der Waals surface area contributed by atoms with Gasteiger partial charge in [-0.3, -0.25) is 9.81 Å². The molecule has 0 unspecified atom stereocenters. The lowest BCUT2D eigenvalue weighted by molar-refractivity contribution is -0.412. The molecule has 0 fully saturated rings. The Balaban J connectivity index is 1.67. The number of hydrogen-bond acceptors (Lipinski definition) is 6. The first-order valence-electron chi connectivity index (χ1n) is 8.65. The van der Waals surface area contributed by atoms with Gasteiger partial charge >= 0.3 is 5.84 Å². The molecule has 0 radical (unpaired) electrons. The summed E-state index contributed by atoms with van der Waals surface area (Å²) in [6.45, 7) is 3.19. The molecule has 4 rings (SSSR count). The van der Waals surface area contributed by atoms with Gasteiger partial charge in [-0.25, -0.2) is 14.1 Å². The van der Waals surface area contributed by atoms with Crippen LogP contribution in [0.1, 0.15) is 19.5 Å². The van der Waals surface area contributed by atoms with Gasteiger partial charge in [0.1, 0.15) is 29.3 Å². The average Bonchev–Trinajstić information content (AvgIpc) is 3.34. The minimum absolute atomic E-state index is 0.00503. The molecule has 0 bridgehead atoms. The normalized spacial score (nSPS) is 14.7. The van der Waals surface area contributed by atoms with Crippen LogP contribution in [-0.2, 0) is 0 Å². The molecular formula is C19H17F2N6O2+. The van der Waals surface area contributed by atoms with Gasteiger partial charge in [-0.05, 0) is 32.1 Å². The van der Waals surface area contributed by atoms with Gasteiger partial charge in [-0.15, -0.1) is 0 Å². The Morgan fingerprint density at radius 3 is 2.79 bits per heavy atom. The van der Waals surface area contributed by atoms with Crippen LogP contribution in [0.25, 0.3) is 17.1 Å². The highest BCUT2D eigenvalue weighted by atomic mass is 19.1. The number of nitrogens with one attached hydrogen (secondary N) is 1. The summed E-state index contributed by atoms with van der Waals surface area (Å²) >= 11 is 0. The molecule has 0 saturated heterocycles. The molecule has 3 heterocycles. The second-order valence-corrected chi connectivity index (χ2v) is 6.95. The summed E-state index contributed by atoms with van der Waals surface area (Å²) in [6, 6.07) is 3.16. The van der Waals surface area contributed by atoms with Gasteiger partial charge < -0.3 is 9.52 Å². The number of benzene rings is 1. The van der Waals surface area contributed by atoms with Crippen LogP contribution in [0, 0.1) is 17.0 Å². The molecule has 4 N–H and O–H groups in total. The maximum Gasteiger partial charge on any atom is 0.306 e. The van der Waals surface area contributed by atoms with E-state index in [-0.39, 0.29) is 28.5 Å². The molecule has 1 aliphatic heterocycles. The van der Waals surface area contributed by atoms with E-state index in [1.54, 1.807) is 31.4 Å². The zero-order chi connectivity index (χ0) is 20.8. The van der Waals surface area contributed by atoms with Crippen LogP contribution in [-0.4, -0.2) is 37.5 Å². The topological polar surface area (TPSA) is 116 Å². The van der Waals surface area contributed by atoms with Crippen molar-refractivity contribution in [3.8, 4) is 11.3 Å². The lowest BCUT2D eigenvalue weighted by Crippen LogP contribution is -2.93. The Morgan fingerprint density at radius 1 is 1.31 bits per heavy atom. The van der Waals surface area contributed by atoms with E-state index in [4.69, 9.17) is 9.83 Å². The van der Waals surface area contributed by atoms with Crippen molar-refractivity contribution >= 4 is 23.2 Å². The Hall–Kier alpha value is -3.50. The Labute approximate surface area is 163 Å². The maximum atomic E-state index is 14.3. The van der Waals surface area contributed by atoms with Gasteiger partial charge in [0.05, 0.1) is 5.71 Å². The monoisotopic (exact) mass is 399 g/mol. The number of rotatable bonds is 5. The number of nitrogens with zero attached hydrogens (tertiary/aromatic N) is 4. The molecule has 3 aromatic rings. The molecule has 0 atom stereocenters. The van der Waals surface area contributed by atoms with Crippen LogP contribution in [0.4, 0.5) is 8.78 Å². The SMILES string of the molecule is CC(C)(O)C1=NN=C(/C=C\C(=N)c2c(-c3ccc(F)cc3F)nc3occn23)[NH2+]1. The number of halogens is 2. The maximum absolute atomic E-state index is 14.3. The van der Waals surface area contributed by atoms with Crippen molar-refractivity contribution in [1.82, 2.24) is 9.38 Å². The second-order valence-electron chi connectivity index (χ2n) is 6.95. The van der Waals surface area contributed by atoms with Gasteiger partial charge in [0.15, 0.2) is 5.60 Å². The third-order valence-corrected chi connectivity index (χ3v) is 4.31. The zero-order valence-electron chi connectivity index (χ0n) is 15.5. The average molecular weight is 399 g/mol. The van der Waals surface area contributed by atoms with Crippen molar-refractivity contribution in [3.05, 3.63) is 60.1 Å². The van der Waals surface area contributed by atoms with Crippen LogP contribution in [0.3, 0.4) is 0 Å². The van der Waals surface area contributed by atoms with Crippen molar-refractivity contribution in [2.45, 2.75) is 19.4 Å². The number of hydrogen-bond donors (Lipinski definition) is 3. The fraction of sp³-hybridized carbons (Fsp3) is 0.158. The largest absolute Gasteiger partial charge is 0.432 e. The molecule has 0 amide bonds. The summed E-state index contributed by atoms with van der Waals surface area (Å²) in [6.07, 6.45) is 5.96. The van der Waals surface area contributed by atoms with E-state index in [0.29, 0.717) is 11.7 Å². The molecule has 29 heavy (non-hydrogen) atoms. The Kier molecular flexibility index (Phi) is 4.44. The number of aromatic nitrogens is 2. The Bertz CT molecular complexity index is 1210. The molecule has 2 aromatic heterocycles. The van der Waals surface area contributed by atoms with E-state index in [1.807, 2.05) is 0 Å². The first-order chi connectivity index (χ1) is 13.7. The number of allylic oxidation sites excluding steroid dienone is 1. The second kappa shape index (κ2) is 6.83. The highest BCUT2D eigenvalue weighted by Crippen LogP contribution is 2.28. The predicted molar refractivity (Wildman–Crippen MR) is 102 cm³/mol. The van der Waals surface area contributed by atoms with Crippen molar-refractivity contribution in [1.29, 1.82) is 5.41 Å². The molecule has 148 valence electrons. The summed E-state index contributed by atoms with van der Waals surface area (Å²) in [5, 5.41) is 27.9. The molecule has 10 heteroatoms. The van der Waals surface area contributed by atoms with Gasteiger partial charge in [0, 0.05) is 23.9 Å². The standard InChI is InChI=1S/C19H16F2N6O2/c1-19(2,28)17-23-14(25-26-17)6-5-13(22)16-15(24-18-27(16)7-8-29-18)11-4-3-10(20)9-12(11)21/h3-9,22,28H,1-2H3,(H,23,25,26)/p+1/b6-5-,22-13?. The molecule has 0 aliphatic carbocycles. The Morgan fingerprint density at radius 2 is 2.10 bits per heavy atom. The molecule has 8 nitrogen and oxygen atoms in total. The molecular weight excluding hydrogens is 382 g/mol. The van der Waals surface area contributed by atoms with E-state index in [0.717, 1.165) is 12.1 Å². The zero-order valence-corrected chi connectivity index (χ0v) is 15.5. The fourth-order valence-corrected chi connectivity index (χ4v) is 2.85. The number of quaternary nitrogens is 1. The molecule has 1 aromatic carbocycles. The summed E-state index contributed by atoms with van der Waals surface area (Å²) in [5.74, 6) is -0.466. The molecule has 0 saturated carbocycles. The predicted octanol–water partition coefficient (Wildman–Crippen LogP) is 1.86. The van der Waals surface area contributed by atoms with E-state index in [9.17, 15) is 13.9 Å². The van der Waals surface area contributed by atoms with Crippen molar-refractivity contribution in [2.75, 3.05) is 0 Å². The van der Waals surface area contributed by atoms with Gasteiger partial charge in [0.2, 0.25) is 5.84 Å². The molecule has 1 aliphatic rings.